The zero-order valence-electron chi connectivity index (χ0n) is 8.47. The predicted molar refractivity (Wildman–Crippen MR) is 57.0 cm³/mol. The molecule has 1 fully saturated rings. The van der Waals surface area contributed by atoms with E-state index in [1.54, 1.807) is 11.3 Å². The molecule has 79 valence electrons. The summed E-state index contributed by atoms with van der Waals surface area (Å²) in [5.74, 6) is 0.0177. The molecule has 3 heteroatoms. The van der Waals surface area contributed by atoms with Crippen LogP contribution in [0, 0.1) is 6.42 Å². The molecule has 0 atom stereocenters. The van der Waals surface area contributed by atoms with E-state index >= 15 is 0 Å². The molecule has 1 aromatic rings. The predicted octanol–water partition coefficient (Wildman–Crippen LogP) is 0.636. The first kappa shape index (κ1) is 10.2. The number of rotatable bonds is 3. The first-order valence-corrected chi connectivity index (χ1v) is 5.10. The van der Waals surface area contributed by atoms with E-state index in [0.29, 0.717) is 19.5 Å². The maximum atomic E-state index is 11.5. The molecular formula is C12H14NO2. The first-order valence-electron chi connectivity index (χ1n) is 5.10. The fraction of sp³-hybridized carbons (Fsp3) is 0.333. The van der Waals surface area contributed by atoms with Crippen molar-refractivity contribution in [3.63, 3.8) is 0 Å². The van der Waals surface area contributed by atoms with Crippen LogP contribution in [0.15, 0.2) is 30.3 Å². The third-order valence-corrected chi connectivity index (χ3v) is 2.53. The lowest BCUT2D eigenvalue weighted by Crippen LogP contribution is -2.53. The molecule has 0 aliphatic carbocycles. The number of carbonyl (C=O) groups excluding carboxylic acids is 1. The molecule has 1 saturated heterocycles. The highest BCUT2D eigenvalue weighted by Gasteiger charge is 2.28. The van der Waals surface area contributed by atoms with Crippen molar-refractivity contribution in [3.8, 4) is 0 Å². The molecule has 1 aromatic carbocycles. The molecule has 1 heterocycles. The topological polar surface area (TPSA) is 40.5 Å². The van der Waals surface area contributed by atoms with Gasteiger partial charge in [0.2, 0.25) is 5.91 Å². The van der Waals surface area contributed by atoms with Gasteiger partial charge < -0.3 is 10.0 Å². The Morgan fingerprint density at radius 3 is 2.67 bits per heavy atom. The van der Waals surface area contributed by atoms with Gasteiger partial charge in [0.15, 0.2) is 0 Å². The fourth-order valence-electron chi connectivity index (χ4n) is 1.58. The van der Waals surface area contributed by atoms with Crippen molar-refractivity contribution in [3.05, 3.63) is 42.3 Å². The van der Waals surface area contributed by atoms with Gasteiger partial charge in [-0.1, -0.05) is 30.3 Å². The number of benzene rings is 1. The van der Waals surface area contributed by atoms with Gasteiger partial charge in [0, 0.05) is 13.1 Å². The van der Waals surface area contributed by atoms with Crippen molar-refractivity contribution in [1.29, 1.82) is 0 Å². The third-order valence-electron chi connectivity index (χ3n) is 2.53. The molecule has 2 rings (SSSR count). The minimum atomic E-state index is -0.320. The van der Waals surface area contributed by atoms with E-state index in [1.807, 2.05) is 30.3 Å². The standard InChI is InChI=1S/C12H14NO2/c14-11-8-13(9-11)12(15)7-6-10-4-2-1-3-5-10/h1-5,7,11,14H,6,8-9H2. The van der Waals surface area contributed by atoms with Gasteiger partial charge in [0.05, 0.1) is 12.5 Å². The minimum absolute atomic E-state index is 0.0177. The number of carbonyl (C=O) groups is 1. The summed E-state index contributed by atoms with van der Waals surface area (Å²) in [6.07, 6.45) is 2.01. The number of hydrogen-bond donors (Lipinski definition) is 1. The Labute approximate surface area is 89.3 Å². The highest BCUT2D eigenvalue weighted by Crippen LogP contribution is 2.10. The number of nitrogens with zero attached hydrogens (tertiary/aromatic N) is 1. The molecule has 1 aliphatic rings. The van der Waals surface area contributed by atoms with Crippen LogP contribution < -0.4 is 0 Å². The van der Waals surface area contributed by atoms with Gasteiger partial charge >= 0.3 is 0 Å². The van der Waals surface area contributed by atoms with E-state index in [-0.39, 0.29) is 12.0 Å². The second kappa shape index (κ2) is 4.45. The SMILES string of the molecule is O=C([CH]Cc1ccccc1)N1CC(O)C1. The van der Waals surface area contributed by atoms with Crippen LogP contribution in [0.1, 0.15) is 5.56 Å². The monoisotopic (exact) mass is 204 g/mol. The molecule has 0 spiro atoms. The normalized spacial score (nSPS) is 16.2. The maximum Gasteiger partial charge on any atom is 0.227 e. The summed E-state index contributed by atoms with van der Waals surface area (Å²) in [7, 11) is 0. The van der Waals surface area contributed by atoms with Crippen molar-refractivity contribution in [1.82, 2.24) is 4.90 Å². The van der Waals surface area contributed by atoms with E-state index in [0.717, 1.165) is 5.56 Å². The largest absolute Gasteiger partial charge is 0.389 e. The van der Waals surface area contributed by atoms with Gasteiger partial charge in [-0.25, -0.2) is 0 Å². The zero-order valence-corrected chi connectivity index (χ0v) is 8.47. The van der Waals surface area contributed by atoms with Gasteiger partial charge in [-0.2, -0.15) is 0 Å². The average Bonchev–Trinajstić information content (AvgIpc) is 2.23. The van der Waals surface area contributed by atoms with Gasteiger partial charge in [0.25, 0.3) is 0 Å². The van der Waals surface area contributed by atoms with Crippen LogP contribution in [0.25, 0.3) is 0 Å². The highest BCUT2D eigenvalue weighted by atomic mass is 16.3. The summed E-state index contributed by atoms with van der Waals surface area (Å²) in [5.41, 5.74) is 1.13. The Morgan fingerprint density at radius 2 is 2.07 bits per heavy atom. The molecular weight excluding hydrogens is 190 g/mol. The van der Waals surface area contributed by atoms with Crippen LogP contribution in [0.4, 0.5) is 0 Å². The molecule has 0 saturated carbocycles. The van der Waals surface area contributed by atoms with E-state index in [1.165, 1.54) is 0 Å². The Hall–Kier alpha value is -1.35. The second-order valence-corrected chi connectivity index (χ2v) is 3.79. The first-order chi connectivity index (χ1) is 7.25. The Kier molecular flexibility index (Phi) is 3.02. The molecule has 3 nitrogen and oxygen atoms in total. The molecule has 1 N–H and O–H groups in total. The maximum absolute atomic E-state index is 11.5. The smallest absolute Gasteiger partial charge is 0.227 e. The number of aliphatic hydroxyl groups excluding tert-OH is 1. The summed E-state index contributed by atoms with van der Waals surface area (Å²) in [4.78, 5) is 13.1. The fourth-order valence-corrected chi connectivity index (χ4v) is 1.58. The summed E-state index contributed by atoms with van der Waals surface area (Å²) in [6, 6.07) is 9.86. The number of hydrogen-bond acceptors (Lipinski definition) is 2. The Bertz CT molecular complexity index is 331. The number of β-amino-alcohol motifs (C(OH)–C–C–N with tert-alkyl or cyclic N) is 1. The average molecular weight is 204 g/mol. The zero-order chi connectivity index (χ0) is 10.7. The Morgan fingerprint density at radius 1 is 1.40 bits per heavy atom. The van der Waals surface area contributed by atoms with Crippen LogP contribution in [0.5, 0.6) is 0 Å². The van der Waals surface area contributed by atoms with Crippen molar-refractivity contribution < 1.29 is 9.90 Å². The van der Waals surface area contributed by atoms with E-state index in [9.17, 15) is 4.79 Å². The van der Waals surface area contributed by atoms with Crippen LogP contribution in [0.2, 0.25) is 0 Å². The number of aliphatic hydroxyl groups is 1. The molecule has 0 unspecified atom stereocenters. The van der Waals surface area contributed by atoms with E-state index in [2.05, 4.69) is 0 Å². The third kappa shape index (κ3) is 2.57. The van der Waals surface area contributed by atoms with Crippen LogP contribution in [-0.2, 0) is 11.2 Å². The molecule has 1 radical (unpaired) electrons. The van der Waals surface area contributed by atoms with Crippen LogP contribution in [-0.4, -0.2) is 35.1 Å². The molecule has 1 amide bonds. The molecule has 15 heavy (non-hydrogen) atoms. The Balaban J connectivity index is 1.76. The number of amides is 1. The summed E-state index contributed by atoms with van der Waals surface area (Å²) < 4.78 is 0. The lowest BCUT2D eigenvalue weighted by atomic mass is 10.1. The quantitative estimate of drug-likeness (QED) is 0.784. The van der Waals surface area contributed by atoms with Crippen molar-refractivity contribution in [2.75, 3.05) is 13.1 Å². The highest BCUT2D eigenvalue weighted by molar-refractivity contribution is 5.85. The number of likely N-dealkylation sites (tertiary alicyclic amines) is 1. The van der Waals surface area contributed by atoms with E-state index in [4.69, 9.17) is 5.11 Å². The molecule has 0 bridgehead atoms. The van der Waals surface area contributed by atoms with Crippen molar-refractivity contribution >= 4 is 5.91 Å². The van der Waals surface area contributed by atoms with Crippen LogP contribution >= 0.6 is 0 Å². The van der Waals surface area contributed by atoms with Gasteiger partial charge in [-0.15, -0.1) is 0 Å². The van der Waals surface area contributed by atoms with Gasteiger partial charge in [-0.05, 0) is 12.0 Å². The minimum Gasteiger partial charge on any atom is -0.389 e. The molecule has 1 aliphatic heterocycles. The van der Waals surface area contributed by atoms with Gasteiger partial charge in [-0.3, -0.25) is 4.79 Å². The lowest BCUT2D eigenvalue weighted by molar-refractivity contribution is -0.137. The van der Waals surface area contributed by atoms with Crippen LogP contribution in [0.3, 0.4) is 0 Å². The van der Waals surface area contributed by atoms with E-state index < -0.39 is 0 Å². The summed E-state index contributed by atoms with van der Waals surface area (Å²) in [5, 5.41) is 9.04. The van der Waals surface area contributed by atoms with Crippen molar-refractivity contribution in [2.24, 2.45) is 0 Å². The van der Waals surface area contributed by atoms with Crippen molar-refractivity contribution in [2.45, 2.75) is 12.5 Å². The molecule has 0 aromatic heterocycles. The second-order valence-electron chi connectivity index (χ2n) is 3.79. The van der Waals surface area contributed by atoms with Gasteiger partial charge in [0.1, 0.15) is 0 Å². The lowest BCUT2D eigenvalue weighted by Gasteiger charge is -2.35. The summed E-state index contributed by atoms with van der Waals surface area (Å²) >= 11 is 0. The summed E-state index contributed by atoms with van der Waals surface area (Å²) in [6.45, 7) is 0.953.